The SMILES string of the molecule is CNC(=O)[C@H](C)N(CCc1ccccc1)C(=O)CCN1C(=O)[C@H]2CC=CC[C@H]2C1=O. The Labute approximate surface area is 177 Å². The topological polar surface area (TPSA) is 86.8 Å². The van der Waals surface area contributed by atoms with Gasteiger partial charge in [0.25, 0.3) is 0 Å². The molecule has 1 aromatic rings. The Morgan fingerprint density at radius 1 is 1.10 bits per heavy atom. The molecule has 2 aliphatic rings. The van der Waals surface area contributed by atoms with Gasteiger partial charge in [-0.25, -0.2) is 0 Å². The summed E-state index contributed by atoms with van der Waals surface area (Å²) in [5.74, 6) is -1.44. The molecule has 30 heavy (non-hydrogen) atoms. The van der Waals surface area contributed by atoms with E-state index in [0.29, 0.717) is 25.8 Å². The number of nitrogens with zero attached hydrogens (tertiary/aromatic N) is 2. The van der Waals surface area contributed by atoms with Crippen molar-refractivity contribution < 1.29 is 19.2 Å². The molecule has 4 amide bonds. The molecule has 0 unspecified atom stereocenters. The Morgan fingerprint density at radius 2 is 1.70 bits per heavy atom. The zero-order valence-corrected chi connectivity index (χ0v) is 17.5. The van der Waals surface area contributed by atoms with Gasteiger partial charge in [-0.15, -0.1) is 0 Å². The van der Waals surface area contributed by atoms with Gasteiger partial charge in [0.2, 0.25) is 23.6 Å². The third-order valence-corrected chi connectivity index (χ3v) is 6.05. The van der Waals surface area contributed by atoms with Gasteiger partial charge in [0.15, 0.2) is 0 Å². The highest BCUT2D eigenvalue weighted by Crippen LogP contribution is 2.35. The van der Waals surface area contributed by atoms with Crippen molar-refractivity contribution in [3.05, 3.63) is 48.0 Å². The first-order valence-corrected chi connectivity index (χ1v) is 10.5. The van der Waals surface area contributed by atoms with Gasteiger partial charge in [0, 0.05) is 26.6 Å². The van der Waals surface area contributed by atoms with Crippen LogP contribution in [0.5, 0.6) is 0 Å². The highest BCUT2D eigenvalue weighted by molar-refractivity contribution is 6.05. The second kappa shape index (κ2) is 9.69. The Bertz CT molecular complexity index is 810. The standard InChI is InChI=1S/C23H29N3O4/c1-16(21(28)24-2)25(14-12-17-8-4-3-5-9-17)20(27)13-15-26-22(29)18-10-6-7-11-19(18)23(26)30/h3-9,16,18-19H,10-15H2,1-2H3,(H,24,28)/t16-,18-,19+/m0/s1. The summed E-state index contributed by atoms with van der Waals surface area (Å²) in [5, 5.41) is 2.58. The predicted octanol–water partition coefficient (Wildman–Crippen LogP) is 1.53. The van der Waals surface area contributed by atoms with Crippen molar-refractivity contribution in [2.24, 2.45) is 11.8 Å². The Kier molecular flexibility index (Phi) is 7.03. The van der Waals surface area contributed by atoms with Crippen molar-refractivity contribution in [2.75, 3.05) is 20.1 Å². The predicted molar refractivity (Wildman–Crippen MR) is 112 cm³/mol. The van der Waals surface area contributed by atoms with Crippen molar-refractivity contribution in [1.82, 2.24) is 15.1 Å². The smallest absolute Gasteiger partial charge is 0.242 e. The number of fused-ring (bicyclic) bond motifs is 1. The Hall–Kier alpha value is -2.96. The van der Waals surface area contributed by atoms with Crippen molar-refractivity contribution in [1.29, 1.82) is 0 Å². The largest absolute Gasteiger partial charge is 0.357 e. The van der Waals surface area contributed by atoms with E-state index in [1.165, 1.54) is 16.8 Å². The molecular weight excluding hydrogens is 382 g/mol. The number of amides is 4. The van der Waals surface area contributed by atoms with Gasteiger partial charge in [-0.2, -0.15) is 0 Å². The normalized spacial score (nSPS) is 21.3. The Morgan fingerprint density at radius 3 is 2.27 bits per heavy atom. The van der Waals surface area contributed by atoms with Crippen LogP contribution in [-0.2, 0) is 25.6 Å². The van der Waals surface area contributed by atoms with Gasteiger partial charge in [-0.3, -0.25) is 24.1 Å². The minimum Gasteiger partial charge on any atom is -0.357 e. The summed E-state index contributed by atoms with van der Waals surface area (Å²) in [5.41, 5.74) is 1.07. The second-order valence-corrected chi connectivity index (χ2v) is 7.85. The van der Waals surface area contributed by atoms with Crippen molar-refractivity contribution in [2.45, 2.75) is 38.6 Å². The van der Waals surface area contributed by atoms with Crippen molar-refractivity contribution in [3.8, 4) is 0 Å². The monoisotopic (exact) mass is 411 g/mol. The van der Waals surface area contributed by atoms with Crippen molar-refractivity contribution >= 4 is 23.6 Å². The molecule has 1 aromatic carbocycles. The minimum atomic E-state index is -0.636. The van der Waals surface area contributed by atoms with Crippen molar-refractivity contribution in [3.63, 3.8) is 0 Å². The maximum absolute atomic E-state index is 13.0. The van der Waals surface area contributed by atoms with Crippen LogP contribution in [0, 0.1) is 11.8 Å². The van der Waals surface area contributed by atoms with Crippen LogP contribution in [-0.4, -0.2) is 59.6 Å². The number of likely N-dealkylation sites (N-methyl/N-ethyl adjacent to an activating group) is 1. The van der Waals surface area contributed by atoms with Crippen LogP contribution in [0.1, 0.15) is 31.7 Å². The number of imide groups is 1. The molecule has 0 saturated carbocycles. The Balaban J connectivity index is 1.64. The van der Waals surface area contributed by atoms with Gasteiger partial charge in [0.1, 0.15) is 6.04 Å². The average molecular weight is 412 g/mol. The van der Waals surface area contributed by atoms with Gasteiger partial charge in [-0.05, 0) is 31.7 Å². The minimum absolute atomic E-state index is 0.0144. The van der Waals surface area contributed by atoms with E-state index < -0.39 is 6.04 Å². The first-order valence-electron chi connectivity index (χ1n) is 10.5. The zero-order chi connectivity index (χ0) is 21.7. The third kappa shape index (κ3) is 4.61. The van der Waals surface area contributed by atoms with Crippen LogP contribution >= 0.6 is 0 Å². The number of carbonyl (C=O) groups excluding carboxylic acids is 4. The van der Waals surface area contributed by atoms with E-state index in [0.717, 1.165) is 5.56 Å². The molecule has 1 aliphatic carbocycles. The molecule has 1 aliphatic heterocycles. The number of rotatable bonds is 8. The number of likely N-dealkylation sites (tertiary alicyclic amines) is 1. The maximum atomic E-state index is 13.0. The van der Waals surface area contributed by atoms with E-state index in [1.807, 2.05) is 42.5 Å². The lowest BCUT2D eigenvalue weighted by Crippen LogP contribution is -2.48. The summed E-state index contributed by atoms with van der Waals surface area (Å²) in [7, 11) is 1.54. The lowest BCUT2D eigenvalue weighted by molar-refractivity contribution is -0.143. The van der Waals surface area contributed by atoms with Gasteiger partial charge >= 0.3 is 0 Å². The average Bonchev–Trinajstić information content (AvgIpc) is 3.02. The quantitative estimate of drug-likeness (QED) is 0.519. The number of hydrogen-bond acceptors (Lipinski definition) is 4. The number of carbonyl (C=O) groups is 4. The molecule has 3 rings (SSSR count). The third-order valence-electron chi connectivity index (χ3n) is 6.05. The van der Waals surface area contributed by atoms with Crippen LogP contribution < -0.4 is 5.32 Å². The molecule has 160 valence electrons. The molecule has 7 heteroatoms. The fraction of sp³-hybridized carbons (Fsp3) is 0.478. The fourth-order valence-corrected chi connectivity index (χ4v) is 4.22. The van der Waals surface area contributed by atoms with Crippen LogP contribution in [0.4, 0.5) is 0 Å². The molecule has 1 N–H and O–H groups in total. The van der Waals surface area contributed by atoms with Crippen LogP contribution in [0.25, 0.3) is 0 Å². The fourth-order valence-electron chi connectivity index (χ4n) is 4.22. The first-order chi connectivity index (χ1) is 14.4. The van der Waals surface area contributed by atoms with E-state index >= 15 is 0 Å². The lowest BCUT2D eigenvalue weighted by atomic mass is 9.85. The molecule has 1 heterocycles. The maximum Gasteiger partial charge on any atom is 0.242 e. The molecule has 1 fully saturated rings. The molecule has 0 radical (unpaired) electrons. The summed E-state index contributed by atoms with van der Waals surface area (Å²) < 4.78 is 0. The second-order valence-electron chi connectivity index (χ2n) is 7.85. The first kappa shape index (κ1) is 21.7. The van der Waals surface area contributed by atoms with Gasteiger partial charge in [-0.1, -0.05) is 42.5 Å². The highest BCUT2D eigenvalue weighted by atomic mass is 16.2. The van der Waals surface area contributed by atoms with Crippen LogP contribution in [0.3, 0.4) is 0 Å². The molecular formula is C23H29N3O4. The highest BCUT2D eigenvalue weighted by Gasteiger charge is 2.47. The van der Waals surface area contributed by atoms with E-state index in [2.05, 4.69) is 5.32 Å². The van der Waals surface area contributed by atoms with Gasteiger partial charge in [0.05, 0.1) is 11.8 Å². The van der Waals surface area contributed by atoms with E-state index in [4.69, 9.17) is 0 Å². The summed E-state index contributed by atoms with van der Waals surface area (Å²) in [6.07, 6.45) is 5.67. The number of nitrogens with one attached hydrogen (secondary N) is 1. The van der Waals surface area contributed by atoms with Crippen LogP contribution in [0.2, 0.25) is 0 Å². The van der Waals surface area contributed by atoms with E-state index in [-0.39, 0.29) is 48.4 Å². The van der Waals surface area contributed by atoms with Crippen LogP contribution in [0.15, 0.2) is 42.5 Å². The molecule has 0 aromatic heterocycles. The van der Waals surface area contributed by atoms with E-state index in [9.17, 15) is 19.2 Å². The summed E-state index contributed by atoms with van der Waals surface area (Å²) in [6, 6.07) is 9.11. The summed E-state index contributed by atoms with van der Waals surface area (Å²) in [6.45, 7) is 2.13. The summed E-state index contributed by atoms with van der Waals surface area (Å²) >= 11 is 0. The molecule has 7 nitrogen and oxygen atoms in total. The molecule has 3 atom stereocenters. The van der Waals surface area contributed by atoms with E-state index in [1.54, 1.807) is 6.92 Å². The number of hydrogen-bond donors (Lipinski definition) is 1. The molecule has 0 bridgehead atoms. The van der Waals surface area contributed by atoms with Gasteiger partial charge < -0.3 is 10.2 Å². The molecule has 1 saturated heterocycles. The number of allylic oxidation sites excluding steroid dienone is 2. The number of benzene rings is 1. The zero-order valence-electron chi connectivity index (χ0n) is 17.5. The molecule has 0 spiro atoms. The summed E-state index contributed by atoms with van der Waals surface area (Å²) in [4.78, 5) is 53.2. The lowest BCUT2D eigenvalue weighted by Gasteiger charge is -2.29.